The first kappa shape index (κ1) is 10.1. The predicted octanol–water partition coefficient (Wildman–Crippen LogP) is 3.33. The molecule has 0 saturated heterocycles. The van der Waals surface area contributed by atoms with E-state index in [2.05, 4.69) is 37.3 Å². The van der Waals surface area contributed by atoms with Crippen LogP contribution in [0.1, 0.15) is 0 Å². The fourth-order valence-corrected chi connectivity index (χ4v) is 2.72. The van der Waals surface area contributed by atoms with E-state index in [0.717, 1.165) is 32.5 Å². The minimum atomic E-state index is 0.804. The third kappa shape index (κ3) is 1.60. The van der Waals surface area contributed by atoms with E-state index in [1.807, 2.05) is 24.3 Å². The first-order valence-electron chi connectivity index (χ1n) is 4.79. The van der Waals surface area contributed by atoms with Crippen LogP contribution in [0.2, 0.25) is 0 Å². The van der Waals surface area contributed by atoms with Crippen LogP contribution >= 0.6 is 27.7 Å². The van der Waals surface area contributed by atoms with Crippen LogP contribution < -0.4 is 0 Å². The maximum atomic E-state index is 4.21. The van der Waals surface area contributed by atoms with Crippen molar-refractivity contribution in [2.45, 2.75) is 11.7 Å². The van der Waals surface area contributed by atoms with Crippen molar-refractivity contribution in [2.24, 2.45) is 0 Å². The number of fused-ring (bicyclic) bond motifs is 1. The van der Waals surface area contributed by atoms with E-state index < -0.39 is 0 Å². The van der Waals surface area contributed by atoms with E-state index in [4.69, 9.17) is 0 Å². The molecule has 0 atom stereocenters. The Bertz CT molecular complexity index is 559. The Morgan fingerprint density at radius 2 is 2.00 bits per heavy atom. The number of hydrogen-bond acceptors (Lipinski definition) is 3. The van der Waals surface area contributed by atoms with Gasteiger partial charge in [0.2, 0.25) is 0 Å². The highest BCUT2D eigenvalue weighted by atomic mass is 79.9. The van der Waals surface area contributed by atoms with Crippen molar-refractivity contribution in [3.05, 3.63) is 40.2 Å². The fraction of sp³-hybridized carbons (Fsp3) is 0.0909. The quantitative estimate of drug-likeness (QED) is 0.808. The number of nitrogens with zero attached hydrogens (tertiary/aromatic N) is 3. The zero-order chi connectivity index (χ0) is 11.1. The molecule has 80 valence electrons. The minimum Gasteiger partial charge on any atom is -0.297 e. The molecule has 1 aliphatic rings. The molecule has 5 heteroatoms. The lowest BCUT2D eigenvalue weighted by Gasteiger charge is -2.02. The maximum Gasteiger partial charge on any atom is 0.196 e. The molecule has 1 aromatic carbocycles. The van der Waals surface area contributed by atoms with Crippen LogP contribution in [0.5, 0.6) is 0 Å². The van der Waals surface area contributed by atoms with Crippen molar-refractivity contribution >= 4 is 27.7 Å². The number of benzene rings is 1. The van der Waals surface area contributed by atoms with Gasteiger partial charge in [0, 0.05) is 14.9 Å². The summed E-state index contributed by atoms with van der Waals surface area (Å²) in [5, 5.41) is 9.29. The van der Waals surface area contributed by atoms with Crippen LogP contribution in [-0.2, 0) is 6.54 Å². The number of thioether (sulfide) groups is 1. The molecule has 2 aromatic rings. The third-order valence-corrected chi connectivity index (χ3v) is 3.82. The van der Waals surface area contributed by atoms with E-state index in [0.29, 0.717) is 0 Å². The zero-order valence-corrected chi connectivity index (χ0v) is 10.8. The second kappa shape index (κ2) is 3.75. The zero-order valence-electron chi connectivity index (χ0n) is 8.35. The highest BCUT2D eigenvalue weighted by Gasteiger charge is 2.21. The van der Waals surface area contributed by atoms with Gasteiger partial charge in [-0.25, -0.2) is 0 Å². The highest BCUT2D eigenvalue weighted by molar-refractivity contribution is 9.10. The molecule has 0 saturated carbocycles. The molecule has 0 amide bonds. The molecule has 0 spiro atoms. The SMILES string of the molecule is C=C1Cn2c(nnc2-c2ccc(Br)cc2)S1. The molecule has 3 nitrogen and oxygen atoms in total. The van der Waals surface area contributed by atoms with Gasteiger partial charge in [-0.05, 0) is 12.1 Å². The molecule has 0 radical (unpaired) electrons. The molecular weight excluding hydrogens is 286 g/mol. The van der Waals surface area contributed by atoms with Gasteiger partial charge in [0.15, 0.2) is 11.0 Å². The van der Waals surface area contributed by atoms with Crippen molar-refractivity contribution in [1.29, 1.82) is 0 Å². The molecule has 16 heavy (non-hydrogen) atoms. The van der Waals surface area contributed by atoms with Crippen molar-refractivity contribution in [3.63, 3.8) is 0 Å². The summed E-state index contributed by atoms with van der Waals surface area (Å²) in [6.45, 7) is 4.76. The molecule has 0 fully saturated rings. The lowest BCUT2D eigenvalue weighted by atomic mass is 10.2. The van der Waals surface area contributed by atoms with Crippen LogP contribution in [0.25, 0.3) is 11.4 Å². The molecule has 2 heterocycles. The van der Waals surface area contributed by atoms with Gasteiger partial charge in [-0.3, -0.25) is 4.57 Å². The summed E-state index contributed by atoms with van der Waals surface area (Å²) >= 11 is 5.01. The molecule has 0 unspecified atom stereocenters. The van der Waals surface area contributed by atoms with E-state index in [1.165, 1.54) is 0 Å². The largest absolute Gasteiger partial charge is 0.297 e. The lowest BCUT2D eigenvalue weighted by Crippen LogP contribution is -1.96. The summed E-state index contributed by atoms with van der Waals surface area (Å²) < 4.78 is 3.16. The predicted molar refractivity (Wildman–Crippen MR) is 68.2 cm³/mol. The number of halogens is 1. The first-order valence-corrected chi connectivity index (χ1v) is 6.40. The summed E-state index contributed by atoms with van der Waals surface area (Å²) in [7, 11) is 0. The summed E-state index contributed by atoms with van der Waals surface area (Å²) in [5.41, 5.74) is 1.08. The van der Waals surface area contributed by atoms with Crippen molar-refractivity contribution in [3.8, 4) is 11.4 Å². The van der Waals surface area contributed by atoms with Gasteiger partial charge in [-0.1, -0.05) is 46.4 Å². The molecule has 1 aromatic heterocycles. The first-order chi connectivity index (χ1) is 7.74. The number of rotatable bonds is 1. The molecule has 0 bridgehead atoms. The third-order valence-electron chi connectivity index (χ3n) is 2.39. The van der Waals surface area contributed by atoms with Gasteiger partial charge in [-0.15, -0.1) is 10.2 Å². The Morgan fingerprint density at radius 1 is 1.25 bits per heavy atom. The average molecular weight is 294 g/mol. The van der Waals surface area contributed by atoms with Gasteiger partial charge in [-0.2, -0.15) is 0 Å². The second-order valence-electron chi connectivity index (χ2n) is 3.54. The molecule has 0 N–H and O–H groups in total. The van der Waals surface area contributed by atoms with Gasteiger partial charge in [0.1, 0.15) is 0 Å². The standard InChI is InChI=1S/C11H8BrN3S/c1-7-6-15-10(13-14-11(15)16-7)8-2-4-9(12)5-3-8/h2-5H,1,6H2. The monoisotopic (exact) mass is 293 g/mol. The number of hydrogen-bond donors (Lipinski definition) is 0. The van der Waals surface area contributed by atoms with E-state index >= 15 is 0 Å². The summed E-state index contributed by atoms with van der Waals surface area (Å²) in [4.78, 5) is 1.11. The van der Waals surface area contributed by atoms with Crippen LogP contribution in [-0.4, -0.2) is 14.8 Å². The normalized spacial score (nSPS) is 14.2. The molecular formula is C11H8BrN3S. The van der Waals surface area contributed by atoms with Crippen molar-refractivity contribution < 1.29 is 0 Å². The minimum absolute atomic E-state index is 0.804. The molecule has 3 rings (SSSR count). The van der Waals surface area contributed by atoms with Crippen LogP contribution in [0, 0.1) is 0 Å². The Morgan fingerprint density at radius 3 is 2.75 bits per heavy atom. The number of aromatic nitrogens is 3. The summed E-state index contributed by atoms with van der Waals surface area (Å²) in [6.07, 6.45) is 0. The Labute approximate surface area is 106 Å². The smallest absolute Gasteiger partial charge is 0.196 e. The topological polar surface area (TPSA) is 30.7 Å². The van der Waals surface area contributed by atoms with Gasteiger partial charge < -0.3 is 0 Å². The van der Waals surface area contributed by atoms with Crippen LogP contribution in [0.15, 0.2) is 45.4 Å². The van der Waals surface area contributed by atoms with E-state index in [1.54, 1.807) is 11.8 Å². The maximum absolute atomic E-state index is 4.21. The van der Waals surface area contributed by atoms with Gasteiger partial charge in [0.25, 0.3) is 0 Å². The summed E-state index contributed by atoms with van der Waals surface area (Å²) in [6, 6.07) is 8.09. The Balaban J connectivity index is 2.08. The number of allylic oxidation sites excluding steroid dienone is 1. The van der Waals surface area contributed by atoms with E-state index in [9.17, 15) is 0 Å². The van der Waals surface area contributed by atoms with E-state index in [-0.39, 0.29) is 0 Å². The molecule has 0 aliphatic carbocycles. The van der Waals surface area contributed by atoms with Crippen LogP contribution in [0.4, 0.5) is 0 Å². The highest BCUT2D eigenvalue weighted by Crippen LogP contribution is 2.35. The molecule has 1 aliphatic heterocycles. The van der Waals surface area contributed by atoms with Gasteiger partial charge in [0.05, 0.1) is 6.54 Å². The van der Waals surface area contributed by atoms with Gasteiger partial charge >= 0.3 is 0 Å². The lowest BCUT2D eigenvalue weighted by molar-refractivity contribution is 0.751. The Hall–Kier alpha value is -1.07. The fourth-order valence-electron chi connectivity index (χ4n) is 1.66. The van der Waals surface area contributed by atoms with Crippen molar-refractivity contribution in [1.82, 2.24) is 14.8 Å². The Kier molecular flexibility index (Phi) is 2.37. The van der Waals surface area contributed by atoms with Crippen molar-refractivity contribution in [2.75, 3.05) is 0 Å². The summed E-state index contributed by atoms with van der Waals surface area (Å²) in [5.74, 6) is 0.911. The average Bonchev–Trinajstić information content (AvgIpc) is 2.78. The van der Waals surface area contributed by atoms with Crippen LogP contribution in [0.3, 0.4) is 0 Å². The second-order valence-corrected chi connectivity index (χ2v) is 5.60.